The first-order valence-corrected chi connectivity index (χ1v) is 7.79. The number of pyridine rings is 1. The van der Waals surface area contributed by atoms with Crippen LogP contribution >= 0.6 is 0 Å². The Morgan fingerprint density at radius 1 is 1.14 bits per heavy atom. The van der Waals surface area contributed by atoms with E-state index in [0.717, 1.165) is 11.3 Å². The molecular weight excluding hydrogens is 286 g/mol. The Balaban J connectivity index is 2.39. The van der Waals surface area contributed by atoms with Crippen molar-refractivity contribution in [2.24, 2.45) is 0 Å². The van der Waals surface area contributed by atoms with E-state index in [-0.39, 0.29) is 10.7 Å². The normalized spacial score (nSPS) is 11.0. The molecule has 5 nitrogen and oxygen atoms in total. The van der Waals surface area contributed by atoms with Crippen LogP contribution in [0.25, 0.3) is 0 Å². The van der Waals surface area contributed by atoms with Crippen molar-refractivity contribution in [1.29, 1.82) is 5.26 Å². The van der Waals surface area contributed by atoms with Crippen LogP contribution in [0.4, 0.5) is 5.82 Å². The van der Waals surface area contributed by atoms with Crippen LogP contribution in [0.2, 0.25) is 0 Å². The topological polar surface area (TPSA) is 82.8 Å². The van der Waals surface area contributed by atoms with Crippen LogP contribution in [-0.4, -0.2) is 13.4 Å². The predicted octanol–water partition coefficient (Wildman–Crippen LogP) is 2.68. The Morgan fingerprint density at radius 2 is 1.86 bits per heavy atom. The molecule has 0 fully saturated rings. The molecule has 6 heteroatoms. The zero-order chi connectivity index (χ0) is 15.6. The Hall–Kier alpha value is -2.39. The van der Waals surface area contributed by atoms with Crippen molar-refractivity contribution in [1.82, 2.24) is 4.98 Å². The number of aromatic nitrogens is 1. The van der Waals surface area contributed by atoms with Crippen molar-refractivity contribution in [2.45, 2.75) is 25.7 Å². The highest BCUT2D eigenvalue weighted by atomic mass is 32.2. The lowest BCUT2D eigenvalue weighted by Crippen LogP contribution is -2.14. The van der Waals surface area contributed by atoms with E-state index in [9.17, 15) is 8.42 Å². The predicted molar refractivity (Wildman–Crippen MR) is 80.4 cm³/mol. The van der Waals surface area contributed by atoms with Gasteiger partial charge in [-0.2, -0.15) is 5.26 Å². The van der Waals surface area contributed by atoms with Gasteiger partial charge in [-0.15, -0.1) is 0 Å². The largest absolute Gasteiger partial charge is 0.263 e. The van der Waals surface area contributed by atoms with Crippen LogP contribution in [0.1, 0.15) is 22.4 Å². The molecule has 2 rings (SSSR count). The lowest BCUT2D eigenvalue weighted by molar-refractivity contribution is 0.601. The van der Waals surface area contributed by atoms with E-state index in [1.807, 2.05) is 19.1 Å². The van der Waals surface area contributed by atoms with Crippen molar-refractivity contribution in [3.05, 3.63) is 52.7 Å². The molecule has 0 aliphatic heterocycles. The highest BCUT2D eigenvalue weighted by Gasteiger charge is 2.16. The molecule has 0 atom stereocenters. The summed E-state index contributed by atoms with van der Waals surface area (Å²) < 4.78 is 27.1. The number of aryl methyl sites for hydroxylation is 3. The molecular formula is C15H15N3O2S. The van der Waals surface area contributed by atoms with Gasteiger partial charge in [-0.25, -0.2) is 13.4 Å². The molecule has 0 saturated carbocycles. The zero-order valence-corrected chi connectivity index (χ0v) is 12.8. The van der Waals surface area contributed by atoms with Crippen molar-refractivity contribution in [3.8, 4) is 6.07 Å². The molecule has 0 bridgehead atoms. The monoisotopic (exact) mass is 301 g/mol. The summed E-state index contributed by atoms with van der Waals surface area (Å²) in [4.78, 5) is 4.27. The third-order valence-electron chi connectivity index (χ3n) is 2.97. The highest BCUT2D eigenvalue weighted by molar-refractivity contribution is 7.92. The number of nitriles is 1. The second-order valence-corrected chi connectivity index (χ2v) is 6.55. The van der Waals surface area contributed by atoms with Crippen LogP contribution in [0.15, 0.2) is 35.2 Å². The van der Waals surface area contributed by atoms with Gasteiger partial charge in [0.05, 0.1) is 16.5 Å². The molecule has 0 aliphatic rings. The molecule has 1 N–H and O–H groups in total. The summed E-state index contributed by atoms with van der Waals surface area (Å²) in [5.74, 6) is 0.287. The SMILES string of the molecule is Cc1cc(C)nc(NS(=O)(=O)c2ccc(C#N)c(C)c2)c1. The summed E-state index contributed by atoms with van der Waals surface area (Å²) in [6, 6.07) is 9.93. The number of hydrogen-bond donors (Lipinski definition) is 1. The van der Waals surface area contributed by atoms with E-state index in [0.29, 0.717) is 11.1 Å². The lowest BCUT2D eigenvalue weighted by atomic mass is 10.1. The smallest absolute Gasteiger partial charge is 0.263 e. The molecule has 1 heterocycles. The molecule has 0 radical (unpaired) electrons. The maximum absolute atomic E-state index is 12.3. The van der Waals surface area contributed by atoms with Gasteiger partial charge in [-0.1, -0.05) is 0 Å². The number of benzene rings is 1. The van der Waals surface area contributed by atoms with E-state index in [1.165, 1.54) is 18.2 Å². The van der Waals surface area contributed by atoms with E-state index >= 15 is 0 Å². The minimum absolute atomic E-state index is 0.111. The van der Waals surface area contributed by atoms with Crippen LogP contribution < -0.4 is 4.72 Å². The van der Waals surface area contributed by atoms with Gasteiger partial charge in [0.2, 0.25) is 0 Å². The molecule has 0 unspecified atom stereocenters. The molecule has 2 aromatic rings. The molecule has 1 aromatic carbocycles. The molecule has 0 saturated heterocycles. The van der Waals surface area contributed by atoms with Crippen LogP contribution in [0.3, 0.4) is 0 Å². The van der Waals surface area contributed by atoms with Crippen molar-refractivity contribution < 1.29 is 8.42 Å². The second-order valence-electron chi connectivity index (χ2n) is 4.87. The number of sulfonamides is 1. The van der Waals surface area contributed by atoms with E-state index in [2.05, 4.69) is 9.71 Å². The summed E-state index contributed by atoms with van der Waals surface area (Å²) in [6.45, 7) is 5.38. The van der Waals surface area contributed by atoms with Crippen molar-refractivity contribution in [2.75, 3.05) is 4.72 Å². The Labute approximate surface area is 124 Å². The van der Waals surface area contributed by atoms with Gasteiger partial charge in [0.1, 0.15) is 5.82 Å². The van der Waals surface area contributed by atoms with Gasteiger partial charge < -0.3 is 0 Å². The molecule has 0 amide bonds. The molecule has 0 aliphatic carbocycles. The summed E-state index contributed by atoms with van der Waals surface area (Å²) in [6.07, 6.45) is 0. The van der Waals surface area contributed by atoms with E-state index in [1.54, 1.807) is 19.9 Å². The van der Waals surface area contributed by atoms with Gasteiger partial charge in [0.25, 0.3) is 10.0 Å². The Bertz CT molecular complexity index is 816. The summed E-state index contributed by atoms with van der Waals surface area (Å²) in [5, 5.41) is 8.88. The average Bonchev–Trinajstić information content (AvgIpc) is 2.36. The van der Waals surface area contributed by atoms with E-state index in [4.69, 9.17) is 5.26 Å². The lowest BCUT2D eigenvalue weighted by Gasteiger charge is -2.10. The Kier molecular flexibility index (Phi) is 3.96. The first-order valence-electron chi connectivity index (χ1n) is 6.31. The minimum atomic E-state index is -3.72. The fraction of sp³-hybridized carbons (Fsp3) is 0.200. The van der Waals surface area contributed by atoms with Gasteiger partial charge in [-0.05, 0) is 62.2 Å². The maximum Gasteiger partial charge on any atom is 0.263 e. The van der Waals surface area contributed by atoms with Gasteiger partial charge >= 0.3 is 0 Å². The highest BCUT2D eigenvalue weighted by Crippen LogP contribution is 2.18. The van der Waals surface area contributed by atoms with Crippen LogP contribution in [0.5, 0.6) is 0 Å². The van der Waals surface area contributed by atoms with Gasteiger partial charge in [-0.3, -0.25) is 4.72 Å². The van der Waals surface area contributed by atoms with Gasteiger partial charge in [0, 0.05) is 5.69 Å². The molecule has 108 valence electrons. The van der Waals surface area contributed by atoms with E-state index < -0.39 is 10.0 Å². The fourth-order valence-electron chi connectivity index (χ4n) is 2.02. The molecule has 1 aromatic heterocycles. The quantitative estimate of drug-likeness (QED) is 0.944. The number of hydrogen-bond acceptors (Lipinski definition) is 4. The average molecular weight is 301 g/mol. The maximum atomic E-state index is 12.3. The Morgan fingerprint density at radius 3 is 2.43 bits per heavy atom. The molecule has 0 spiro atoms. The number of nitrogens with zero attached hydrogens (tertiary/aromatic N) is 2. The molecule has 21 heavy (non-hydrogen) atoms. The summed E-state index contributed by atoms with van der Waals surface area (Å²) in [5.41, 5.74) is 2.74. The minimum Gasteiger partial charge on any atom is -0.263 e. The third-order valence-corrected chi connectivity index (χ3v) is 4.32. The first-order chi connectivity index (χ1) is 9.81. The number of anilines is 1. The second kappa shape index (κ2) is 5.54. The van der Waals surface area contributed by atoms with Crippen LogP contribution in [0, 0.1) is 32.1 Å². The summed E-state index contributed by atoms with van der Waals surface area (Å²) in [7, 11) is -3.72. The number of rotatable bonds is 3. The zero-order valence-electron chi connectivity index (χ0n) is 12.0. The van der Waals surface area contributed by atoms with Gasteiger partial charge in [0.15, 0.2) is 0 Å². The fourth-order valence-corrected chi connectivity index (χ4v) is 3.10. The summed E-state index contributed by atoms with van der Waals surface area (Å²) >= 11 is 0. The third kappa shape index (κ3) is 3.38. The van der Waals surface area contributed by atoms with Crippen LogP contribution in [-0.2, 0) is 10.0 Å². The standard InChI is InChI=1S/C15H15N3O2S/c1-10-6-12(3)17-15(7-10)18-21(19,20)14-5-4-13(9-16)11(2)8-14/h4-8H,1-3H3,(H,17,18). The van der Waals surface area contributed by atoms with Crippen molar-refractivity contribution >= 4 is 15.8 Å². The number of nitrogens with one attached hydrogen (secondary N) is 1. The van der Waals surface area contributed by atoms with Crippen molar-refractivity contribution in [3.63, 3.8) is 0 Å². The first kappa shape index (κ1) is 15.0.